The van der Waals surface area contributed by atoms with E-state index in [9.17, 15) is 0 Å². The number of aromatic nitrogens is 2. The van der Waals surface area contributed by atoms with E-state index >= 15 is 0 Å². The molecule has 0 aliphatic heterocycles. The number of hydrogen-bond acceptors (Lipinski definition) is 3. The van der Waals surface area contributed by atoms with Crippen molar-refractivity contribution in [3.05, 3.63) is 48.2 Å². The summed E-state index contributed by atoms with van der Waals surface area (Å²) in [6, 6.07) is 13.1. The van der Waals surface area contributed by atoms with Crippen LogP contribution in [-0.4, -0.2) is 41.6 Å². The minimum absolute atomic E-state index is 0.924. The summed E-state index contributed by atoms with van der Waals surface area (Å²) in [6.45, 7) is 4.14. The summed E-state index contributed by atoms with van der Waals surface area (Å²) >= 11 is 0. The van der Waals surface area contributed by atoms with Crippen LogP contribution in [0.2, 0.25) is 0 Å². The summed E-state index contributed by atoms with van der Waals surface area (Å²) in [7, 11) is 6.39. The van der Waals surface area contributed by atoms with Crippen molar-refractivity contribution < 1.29 is 0 Å². The second-order valence-electron chi connectivity index (χ2n) is 7.34. The quantitative estimate of drug-likeness (QED) is 0.538. The molecule has 0 atom stereocenters. The van der Waals surface area contributed by atoms with Gasteiger partial charge in [-0.25, -0.2) is 4.98 Å². The van der Waals surface area contributed by atoms with Gasteiger partial charge in [0.05, 0.1) is 16.4 Å². The Morgan fingerprint density at radius 2 is 1.85 bits per heavy atom. The zero-order valence-electron chi connectivity index (χ0n) is 16.0. The minimum atomic E-state index is 0.924. The number of benzene rings is 2. The molecule has 4 aromatic rings. The number of anilines is 1. The van der Waals surface area contributed by atoms with Crippen molar-refractivity contribution in [3.8, 4) is 0 Å². The van der Waals surface area contributed by atoms with Gasteiger partial charge in [0.15, 0.2) is 0 Å². The van der Waals surface area contributed by atoms with E-state index in [1.54, 1.807) is 0 Å². The Labute approximate surface area is 154 Å². The van der Waals surface area contributed by atoms with Gasteiger partial charge in [-0.05, 0) is 44.9 Å². The first-order valence-corrected chi connectivity index (χ1v) is 9.22. The van der Waals surface area contributed by atoms with Crippen LogP contribution in [-0.2, 0) is 7.05 Å². The summed E-state index contributed by atoms with van der Waals surface area (Å²) in [5, 5.41) is 8.65. The first-order chi connectivity index (χ1) is 12.6. The summed E-state index contributed by atoms with van der Waals surface area (Å²) in [6.07, 6.45) is 3.08. The lowest BCUT2D eigenvalue weighted by atomic mass is 10.1. The lowest BCUT2D eigenvalue weighted by Crippen LogP contribution is -2.16. The van der Waals surface area contributed by atoms with Gasteiger partial charge in [-0.2, -0.15) is 0 Å². The first-order valence-electron chi connectivity index (χ1n) is 9.22. The Bertz CT molecular complexity index is 1090. The molecule has 134 valence electrons. The molecule has 4 nitrogen and oxygen atoms in total. The number of fused-ring (bicyclic) bond motifs is 5. The third-order valence-electron chi connectivity index (χ3n) is 5.15. The fourth-order valence-corrected chi connectivity index (χ4v) is 3.95. The van der Waals surface area contributed by atoms with E-state index < -0.39 is 0 Å². The predicted octanol–water partition coefficient (Wildman–Crippen LogP) is 4.55. The van der Waals surface area contributed by atoms with Crippen molar-refractivity contribution in [2.24, 2.45) is 7.05 Å². The van der Waals surface area contributed by atoms with Gasteiger partial charge in [-0.3, -0.25) is 0 Å². The third kappa shape index (κ3) is 2.71. The van der Waals surface area contributed by atoms with Gasteiger partial charge in [0.25, 0.3) is 0 Å². The van der Waals surface area contributed by atoms with Gasteiger partial charge in [0.1, 0.15) is 5.82 Å². The molecule has 0 fully saturated rings. The van der Waals surface area contributed by atoms with Crippen LogP contribution < -0.4 is 5.32 Å². The highest BCUT2D eigenvalue weighted by atomic mass is 15.1. The summed E-state index contributed by atoms with van der Waals surface area (Å²) in [5.41, 5.74) is 3.76. The fraction of sp³-hybridized carbons (Fsp3) is 0.318. The van der Waals surface area contributed by atoms with Crippen molar-refractivity contribution >= 4 is 38.4 Å². The van der Waals surface area contributed by atoms with Gasteiger partial charge < -0.3 is 14.8 Å². The maximum atomic E-state index is 4.73. The monoisotopic (exact) mass is 346 g/mol. The molecule has 0 aliphatic carbocycles. The first kappa shape index (κ1) is 16.9. The number of rotatable bonds is 5. The highest BCUT2D eigenvalue weighted by molar-refractivity contribution is 6.21. The van der Waals surface area contributed by atoms with Crippen LogP contribution >= 0.6 is 0 Å². The number of hydrogen-bond donors (Lipinski definition) is 1. The van der Waals surface area contributed by atoms with Crippen molar-refractivity contribution in [1.29, 1.82) is 0 Å². The number of pyridine rings is 1. The van der Waals surface area contributed by atoms with Crippen LogP contribution in [0.5, 0.6) is 0 Å². The van der Waals surface area contributed by atoms with E-state index in [0.717, 1.165) is 25.3 Å². The molecule has 26 heavy (non-hydrogen) atoms. The van der Waals surface area contributed by atoms with Gasteiger partial charge >= 0.3 is 0 Å². The summed E-state index contributed by atoms with van der Waals surface area (Å²) in [5.74, 6) is 0.991. The van der Waals surface area contributed by atoms with E-state index in [2.05, 4.69) is 79.2 Å². The minimum Gasteiger partial charge on any atom is -0.369 e. The zero-order chi connectivity index (χ0) is 18.3. The van der Waals surface area contributed by atoms with Gasteiger partial charge in [0, 0.05) is 30.6 Å². The second-order valence-corrected chi connectivity index (χ2v) is 7.34. The van der Waals surface area contributed by atoms with Crippen LogP contribution in [0.4, 0.5) is 5.82 Å². The van der Waals surface area contributed by atoms with Gasteiger partial charge in [0.2, 0.25) is 0 Å². The van der Waals surface area contributed by atoms with E-state index in [0.29, 0.717) is 0 Å². The molecule has 2 aromatic carbocycles. The molecule has 0 saturated heterocycles. The highest BCUT2D eigenvalue weighted by Gasteiger charge is 2.16. The Balaban J connectivity index is 1.91. The Morgan fingerprint density at radius 3 is 2.65 bits per heavy atom. The van der Waals surface area contributed by atoms with Crippen molar-refractivity contribution in [3.63, 3.8) is 0 Å². The molecule has 2 aromatic heterocycles. The van der Waals surface area contributed by atoms with E-state index in [-0.39, 0.29) is 0 Å². The topological polar surface area (TPSA) is 33.1 Å². The van der Waals surface area contributed by atoms with Crippen molar-refractivity contribution in [2.75, 3.05) is 32.5 Å². The van der Waals surface area contributed by atoms with E-state index in [4.69, 9.17) is 4.98 Å². The highest BCUT2D eigenvalue weighted by Crippen LogP contribution is 2.37. The lowest BCUT2D eigenvalue weighted by Gasteiger charge is -2.11. The Kier molecular flexibility index (Phi) is 4.29. The van der Waals surface area contributed by atoms with Gasteiger partial charge in [-0.15, -0.1) is 0 Å². The maximum Gasteiger partial charge on any atom is 0.136 e. The Hall–Kier alpha value is -2.59. The molecule has 0 aliphatic rings. The molecule has 4 heteroatoms. The molecule has 0 radical (unpaired) electrons. The van der Waals surface area contributed by atoms with Crippen LogP contribution in [0, 0.1) is 6.92 Å². The molecule has 2 heterocycles. The summed E-state index contributed by atoms with van der Waals surface area (Å²) < 4.78 is 2.33. The summed E-state index contributed by atoms with van der Waals surface area (Å²) in [4.78, 5) is 6.94. The fourth-order valence-electron chi connectivity index (χ4n) is 3.95. The van der Waals surface area contributed by atoms with Crippen molar-refractivity contribution in [1.82, 2.24) is 14.5 Å². The third-order valence-corrected chi connectivity index (χ3v) is 5.15. The molecule has 0 unspecified atom stereocenters. The normalized spacial score (nSPS) is 11.9. The number of nitrogens with zero attached hydrogens (tertiary/aromatic N) is 3. The van der Waals surface area contributed by atoms with E-state index in [1.165, 1.54) is 38.1 Å². The molecule has 1 N–H and O–H groups in total. The lowest BCUT2D eigenvalue weighted by molar-refractivity contribution is 0.405. The van der Waals surface area contributed by atoms with Crippen LogP contribution in [0.25, 0.3) is 32.6 Å². The largest absolute Gasteiger partial charge is 0.369 e. The average molecular weight is 346 g/mol. The molecule has 0 amide bonds. The van der Waals surface area contributed by atoms with Crippen LogP contribution in [0.3, 0.4) is 0 Å². The molecule has 0 spiro atoms. The molecule has 4 rings (SSSR count). The van der Waals surface area contributed by atoms with E-state index in [1.807, 2.05) is 6.20 Å². The molecule has 0 bridgehead atoms. The van der Waals surface area contributed by atoms with Crippen LogP contribution in [0.1, 0.15) is 12.0 Å². The maximum absolute atomic E-state index is 4.73. The van der Waals surface area contributed by atoms with Gasteiger partial charge in [-0.1, -0.05) is 36.4 Å². The predicted molar refractivity (Wildman–Crippen MR) is 112 cm³/mol. The molecule has 0 saturated carbocycles. The van der Waals surface area contributed by atoms with Crippen molar-refractivity contribution in [2.45, 2.75) is 13.3 Å². The second kappa shape index (κ2) is 6.61. The number of nitrogens with one attached hydrogen (secondary N) is 1. The smallest absolute Gasteiger partial charge is 0.136 e. The SMILES string of the molecule is Cc1cnc(NCCCN(C)C)c2c3ccc4ccccc4c3n(C)c12. The number of aryl methyl sites for hydroxylation is 2. The Morgan fingerprint density at radius 1 is 1.04 bits per heavy atom. The average Bonchev–Trinajstić information content (AvgIpc) is 2.94. The molecular formula is C22H26N4. The van der Waals surface area contributed by atoms with Crippen LogP contribution in [0.15, 0.2) is 42.6 Å². The standard InChI is InChI=1S/C22H26N4/c1-15-14-24-22(23-12-7-13-25(2)3)19-18-11-10-16-8-5-6-9-17(16)21(18)26(4)20(15)19/h5-6,8-11,14H,7,12-13H2,1-4H3,(H,23,24). The zero-order valence-corrected chi connectivity index (χ0v) is 16.0. The molecular weight excluding hydrogens is 320 g/mol.